The summed E-state index contributed by atoms with van der Waals surface area (Å²) in [5, 5.41) is 12.4. The van der Waals surface area contributed by atoms with Gasteiger partial charge in [0.1, 0.15) is 12.4 Å². The van der Waals surface area contributed by atoms with Gasteiger partial charge in [-0.3, -0.25) is 4.90 Å². The Morgan fingerprint density at radius 3 is 2.81 bits per heavy atom. The fourth-order valence-electron chi connectivity index (χ4n) is 3.53. The largest absolute Gasteiger partial charge is 0.492 e. The van der Waals surface area contributed by atoms with Gasteiger partial charge < -0.3 is 10.1 Å². The number of nitriles is 1. The molecule has 3 rings (SSSR count). The SMILES string of the molecule is N#Cc1ccc(OCCN2CCCC2C2CCCN2)cc1. The van der Waals surface area contributed by atoms with Gasteiger partial charge in [-0.25, -0.2) is 0 Å². The lowest BCUT2D eigenvalue weighted by molar-refractivity contribution is 0.174. The molecule has 0 saturated carbocycles. The Morgan fingerprint density at radius 1 is 1.24 bits per heavy atom. The zero-order valence-corrected chi connectivity index (χ0v) is 12.4. The van der Waals surface area contributed by atoms with Gasteiger partial charge in [0.25, 0.3) is 0 Å². The maximum atomic E-state index is 8.78. The van der Waals surface area contributed by atoms with E-state index in [1.165, 1.54) is 38.8 Å². The van der Waals surface area contributed by atoms with Crippen molar-refractivity contribution in [2.24, 2.45) is 0 Å². The van der Waals surface area contributed by atoms with Gasteiger partial charge in [-0.1, -0.05) is 0 Å². The first-order valence-electron chi connectivity index (χ1n) is 7.97. The van der Waals surface area contributed by atoms with Crippen LogP contribution in [0.25, 0.3) is 0 Å². The molecule has 0 spiro atoms. The molecule has 2 atom stereocenters. The smallest absolute Gasteiger partial charge is 0.119 e. The monoisotopic (exact) mass is 285 g/mol. The van der Waals surface area contributed by atoms with Crippen LogP contribution in [-0.4, -0.2) is 43.2 Å². The molecule has 0 aliphatic carbocycles. The molecule has 4 nitrogen and oxygen atoms in total. The van der Waals surface area contributed by atoms with Crippen molar-refractivity contribution >= 4 is 0 Å². The number of rotatable bonds is 5. The molecule has 0 bridgehead atoms. The van der Waals surface area contributed by atoms with Gasteiger partial charge in [-0.05, 0) is 63.0 Å². The van der Waals surface area contributed by atoms with Crippen LogP contribution in [0.3, 0.4) is 0 Å². The van der Waals surface area contributed by atoms with Crippen LogP contribution in [-0.2, 0) is 0 Å². The predicted octanol–water partition coefficient (Wildman–Crippen LogP) is 2.15. The second-order valence-electron chi connectivity index (χ2n) is 5.93. The minimum absolute atomic E-state index is 0.675. The summed E-state index contributed by atoms with van der Waals surface area (Å²) in [6, 6.07) is 10.8. The fraction of sp³-hybridized carbons (Fsp3) is 0.588. The first-order valence-corrected chi connectivity index (χ1v) is 7.97. The Labute approximate surface area is 126 Å². The number of hydrogen-bond donors (Lipinski definition) is 1. The second-order valence-corrected chi connectivity index (χ2v) is 5.93. The van der Waals surface area contributed by atoms with E-state index in [4.69, 9.17) is 10.00 Å². The molecule has 0 amide bonds. The van der Waals surface area contributed by atoms with E-state index in [0.717, 1.165) is 18.9 Å². The third-order valence-corrected chi connectivity index (χ3v) is 4.61. The third kappa shape index (κ3) is 3.55. The lowest BCUT2D eigenvalue weighted by atomic mass is 10.0. The molecule has 4 heteroatoms. The first-order chi connectivity index (χ1) is 10.4. The van der Waals surface area contributed by atoms with Crippen LogP contribution in [0.1, 0.15) is 31.2 Å². The van der Waals surface area contributed by atoms with Crippen LogP contribution in [0.15, 0.2) is 24.3 Å². The second kappa shape index (κ2) is 6.93. The van der Waals surface area contributed by atoms with E-state index >= 15 is 0 Å². The van der Waals surface area contributed by atoms with E-state index in [0.29, 0.717) is 17.6 Å². The highest BCUT2D eigenvalue weighted by Gasteiger charge is 2.32. The molecule has 2 heterocycles. The zero-order chi connectivity index (χ0) is 14.5. The maximum absolute atomic E-state index is 8.78. The van der Waals surface area contributed by atoms with Gasteiger partial charge in [0.2, 0.25) is 0 Å². The van der Waals surface area contributed by atoms with Crippen molar-refractivity contribution in [1.29, 1.82) is 5.26 Å². The lowest BCUT2D eigenvalue weighted by Crippen LogP contribution is -2.45. The molecule has 1 N–H and O–H groups in total. The van der Waals surface area contributed by atoms with Crippen LogP contribution < -0.4 is 10.1 Å². The number of ether oxygens (including phenoxy) is 1. The molecule has 2 fully saturated rings. The highest BCUT2D eigenvalue weighted by Crippen LogP contribution is 2.24. The van der Waals surface area contributed by atoms with Crippen LogP contribution >= 0.6 is 0 Å². The Morgan fingerprint density at radius 2 is 2.10 bits per heavy atom. The summed E-state index contributed by atoms with van der Waals surface area (Å²) < 4.78 is 5.81. The summed E-state index contributed by atoms with van der Waals surface area (Å²) in [7, 11) is 0. The van der Waals surface area contributed by atoms with Gasteiger partial charge in [0.15, 0.2) is 0 Å². The van der Waals surface area contributed by atoms with Gasteiger partial charge in [-0.2, -0.15) is 5.26 Å². The molecule has 2 unspecified atom stereocenters. The summed E-state index contributed by atoms with van der Waals surface area (Å²) in [5.41, 5.74) is 0.675. The van der Waals surface area contributed by atoms with Crippen molar-refractivity contribution in [2.75, 3.05) is 26.2 Å². The van der Waals surface area contributed by atoms with Crippen LogP contribution in [0.4, 0.5) is 0 Å². The van der Waals surface area contributed by atoms with E-state index < -0.39 is 0 Å². The van der Waals surface area contributed by atoms with Crippen molar-refractivity contribution in [3.8, 4) is 11.8 Å². The normalized spacial score (nSPS) is 25.9. The quantitative estimate of drug-likeness (QED) is 0.900. The van der Waals surface area contributed by atoms with Crippen LogP contribution in [0.5, 0.6) is 5.75 Å². The van der Waals surface area contributed by atoms with E-state index in [2.05, 4.69) is 16.3 Å². The molecular weight excluding hydrogens is 262 g/mol. The van der Waals surface area contributed by atoms with E-state index in [-0.39, 0.29) is 0 Å². The van der Waals surface area contributed by atoms with E-state index in [9.17, 15) is 0 Å². The number of benzene rings is 1. The average Bonchev–Trinajstić information content (AvgIpc) is 3.18. The minimum atomic E-state index is 0.675. The molecule has 0 aromatic heterocycles. The minimum Gasteiger partial charge on any atom is -0.492 e. The van der Waals surface area contributed by atoms with Crippen molar-refractivity contribution in [3.05, 3.63) is 29.8 Å². The Hall–Kier alpha value is -1.57. The number of nitrogens with zero attached hydrogens (tertiary/aromatic N) is 2. The standard InChI is InChI=1S/C17H23N3O/c18-13-14-5-7-15(8-6-14)21-12-11-20-10-2-4-17(20)16-3-1-9-19-16/h5-8,16-17,19H,1-4,9-12H2. The Kier molecular flexibility index (Phi) is 4.74. The molecule has 0 radical (unpaired) electrons. The molecule has 112 valence electrons. The molecule has 2 aliphatic heterocycles. The topological polar surface area (TPSA) is 48.3 Å². The van der Waals surface area contributed by atoms with Crippen LogP contribution in [0.2, 0.25) is 0 Å². The van der Waals surface area contributed by atoms with Crippen molar-refractivity contribution < 1.29 is 4.74 Å². The molecular formula is C17H23N3O. The van der Waals surface area contributed by atoms with Gasteiger partial charge in [0, 0.05) is 18.6 Å². The Balaban J connectivity index is 1.46. The van der Waals surface area contributed by atoms with Crippen LogP contribution in [0, 0.1) is 11.3 Å². The third-order valence-electron chi connectivity index (χ3n) is 4.61. The molecule has 21 heavy (non-hydrogen) atoms. The summed E-state index contributed by atoms with van der Waals surface area (Å²) in [5.74, 6) is 0.851. The van der Waals surface area contributed by atoms with E-state index in [1.54, 1.807) is 12.1 Å². The first kappa shape index (κ1) is 14.4. The van der Waals surface area contributed by atoms with Crippen molar-refractivity contribution in [2.45, 2.75) is 37.8 Å². The highest BCUT2D eigenvalue weighted by molar-refractivity contribution is 5.34. The molecule has 2 aliphatic rings. The van der Waals surface area contributed by atoms with Gasteiger partial charge >= 0.3 is 0 Å². The van der Waals surface area contributed by atoms with E-state index in [1.807, 2.05) is 12.1 Å². The highest BCUT2D eigenvalue weighted by atomic mass is 16.5. The zero-order valence-electron chi connectivity index (χ0n) is 12.4. The Bertz CT molecular complexity index is 488. The van der Waals surface area contributed by atoms with Gasteiger partial charge in [0.05, 0.1) is 11.6 Å². The fourth-order valence-corrected chi connectivity index (χ4v) is 3.53. The summed E-state index contributed by atoms with van der Waals surface area (Å²) in [4.78, 5) is 2.58. The van der Waals surface area contributed by atoms with Crippen molar-refractivity contribution in [3.63, 3.8) is 0 Å². The number of likely N-dealkylation sites (tertiary alicyclic amines) is 1. The van der Waals surface area contributed by atoms with Crippen molar-refractivity contribution in [1.82, 2.24) is 10.2 Å². The summed E-state index contributed by atoms with van der Waals surface area (Å²) in [6.45, 7) is 4.08. The maximum Gasteiger partial charge on any atom is 0.119 e. The average molecular weight is 285 g/mol. The molecule has 1 aromatic rings. The lowest BCUT2D eigenvalue weighted by Gasteiger charge is -2.29. The summed E-state index contributed by atoms with van der Waals surface area (Å²) >= 11 is 0. The predicted molar refractivity (Wildman–Crippen MR) is 82.3 cm³/mol. The molecule has 1 aromatic carbocycles. The molecule has 2 saturated heterocycles. The summed E-state index contributed by atoms with van der Waals surface area (Å²) in [6.07, 6.45) is 5.25. The number of hydrogen-bond acceptors (Lipinski definition) is 4. The van der Waals surface area contributed by atoms with Gasteiger partial charge in [-0.15, -0.1) is 0 Å². The number of nitrogens with one attached hydrogen (secondary N) is 1.